The van der Waals surface area contributed by atoms with E-state index in [4.69, 9.17) is 14.7 Å². The number of nitrogens with zero attached hydrogens (tertiary/aromatic N) is 3. The number of nitriles is 1. The Kier molecular flexibility index (Phi) is 9.10. The number of methoxy groups -OCH3 is 2. The van der Waals surface area contributed by atoms with Crippen LogP contribution in [0.1, 0.15) is 11.1 Å². The Hall–Kier alpha value is -3.04. The van der Waals surface area contributed by atoms with E-state index in [0.717, 1.165) is 12.1 Å². The molecule has 1 atom stereocenters. The highest BCUT2D eigenvalue weighted by Crippen LogP contribution is 2.35. The highest BCUT2D eigenvalue weighted by atomic mass is 19.4. The number of alkyl halides is 3. The summed E-state index contributed by atoms with van der Waals surface area (Å²) in [5.41, 5.74) is -1.43. The molecule has 0 saturated carbocycles. The molecule has 3 amide bonds. The van der Waals surface area contributed by atoms with E-state index in [1.807, 2.05) is 0 Å². The number of piperazine rings is 1. The molecule has 0 bridgehead atoms. The average molecular weight is 457 g/mol. The molecular weight excluding hydrogens is 431 g/mol. The summed E-state index contributed by atoms with van der Waals surface area (Å²) in [6, 6.07) is 3.54. The van der Waals surface area contributed by atoms with Gasteiger partial charge < -0.3 is 29.9 Å². The number of benzene rings is 1. The molecule has 0 spiro atoms. The zero-order valence-corrected chi connectivity index (χ0v) is 17.9. The van der Waals surface area contributed by atoms with Gasteiger partial charge in [-0.2, -0.15) is 18.4 Å². The summed E-state index contributed by atoms with van der Waals surface area (Å²) in [7, 11) is 2.97. The summed E-state index contributed by atoms with van der Waals surface area (Å²) in [4.78, 5) is 28.2. The number of hydrogen-bond donors (Lipinski definition) is 2. The number of nitrogens with one attached hydrogen (secondary N) is 2. The summed E-state index contributed by atoms with van der Waals surface area (Å²) in [5, 5.41) is 14.4. The number of halogens is 3. The SMILES string of the molecule is COCCNC(=O)C1CN(C(=O)NCCOC)CCN1c1ccc(C#N)c(C(F)(F)F)c1. The molecule has 12 heteroatoms. The highest BCUT2D eigenvalue weighted by molar-refractivity contribution is 5.87. The van der Waals surface area contributed by atoms with Crippen LogP contribution in [0, 0.1) is 11.3 Å². The molecule has 9 nitrogen and oxygen atoms in total. The Balaban J connectivity index is 2.29. The van der Waals surface area contributed by atoms with Crippen LogP contribution in [0.5, 0.6) is 0 Å². The maximum Gasteiger partial charge on any atom is 0.417 e. The standard InChI is InChI=1S/C20H26F3N5O4/c1-31-9-5-25-18(29)17-13-27(19(30)26-6-10-32-2)7-8-28(17)15-4-3-14(12-24)16(11-15)20(21,22)23/h3-4,11,17H,5-10,13H2,1-2H3,(H,25,29)(H,26,30). The van der Waals surface area contributed by atoms with Gasteiger partial charge in [-0.3, -0.25) is 4.79 Å². The van der Waals surface area contributed by atoms with Crippen molar-refractivity contribution >= 4 is 17.6 Å². The van der Waals surface area contributed by atoms with Crippen molar-refractivity contribution in [2.75, 3.05) is 65.1 Å². The van der Waals surface area contributed by atoms with Crippen molar-refractivity contribution in [2.45, 2.75) is 12.2 Å². The molecule has 2 N–H and O–H groups in total. The molecule has 0 radical (unpaired) electrons. The first-order chi connectivity index (χ1) is 15.2. The molecule has 2 rings (SSSR count). The van der Waals surface area contributed by atoms with Gasteiger partial charge in [0.15, 0.2) is 0 Å². The van der Waals surface area contributed by atoms with Gasteiger partial charge in [0.25, 0.3) is 0 Å². The van der Waals surface area contributed by atoms with E-state index in [1.165, 1.54) is 30.1 Å². The van der Waals surface area contributed by atoms with Gasteiger partial charge in [-0.15, -0.1) is 0 Å². The molecule has 1 aromatic carbocycles. The summed E-state index contributed by atoms with van der Waals surface area (Å²) in [6.45, 7) is 1.36. The van der Waals surface area contributed by atoms with Gasteiger partial charge in [0.05, 0.1) is 37.0 Å². The van der Waals surface area contributed by atoms with E-state index >= 15 is 0 Å². The van der Waals surface area contributed by atoms with Gasteiger partial charge in [0.1, 0.15) is 6.04 Å². The van der Waals surface area contributed by atoms with Gasteiger partial charge in [-0.25, -0.2) is 4.79 Å². The molecule has 1 aliphatic heterocycles. The van der Waals surface area contributed by atoms with Crippen molar-refractivity contribution in [3.63, 3.8) is 0 Å². The lowest BCUT2D eigenvalue weighted by Gasteiger charge is -2.42. The van der Waals surface area contributed by atoms with Crippen LogP contribution in [0.2, 0.25) is 0 Å². The minimum Gasteiger partial charge on any atom is -0.383 e. The van der Waals surface area contributed by atoms with E-state index in [0.29, 0.717) is 6.61 Å². The maximum absolute atomic E-state index is 13.4. The molecule has 176 valence electrons. The van der Waals surface area contributed by atoms with Crippen LogP contribution in [0.15, 0.2) is 18.2 Å². The Labute approximate surface area is 184 Å². The van der Waals surface area contributed by atoms with Crippen molar-refractivity contribution in [2.24, 2.45) is 0 Å². The molecule has 1 fully saturated rings. The minimum atomic E-state index is -4.72. The number of ether oxygens (including phenoxy) is 2. The number of carbonyl (C=O) groups is 2. The van der Waals surface area contributed by atoms with Crippen molar-refractivity contribution in [3.05, 3.63) is 29.3 Å². The fraction of sp³-hybridized carbons (Fsp3) is 0.550. The van der Waals surface area contributed by atoms with Crippen molar-refractivity contribution in [3.8, 4) is 6.07 Å². The van der Waals surface area contributed by atoms with Crippen LogP contribution in [0.4, 0.5) is 23.7 Å². The maximum atomic E-state index is 13.4. The lowest BCUT2D eigenvalue weighted by Crippen LogP contribution is -2.62. The molecular formula is C20H26F3N5O4. The second-order valence-corrected chi connectivity index (χ2v) is 7.00. The van der Waals surface area contributed by atoms with E-state index in [1.54, 1.807) is 6.07 Å². The topological polar surface area (TPSA) is 107 Å². The van der Waals surface area contributed by atoms with Gasteiger partial charge in [0.2, 0.25) is 5.91 Å². The Morgan fingerprint density at radius 1 is 1.16 bits per heavy atom. The Morgan fingerprint density at radius 2 is 1.81 bits per heavy atom. The first-order valence-corrected chi connectivity index (χ1v) is 9.89. The summed E-state index contributed by atoms with van der Waals surface area (Å²) in [5.74, 6) is -0.450. The van der Waals surface area contributed by atoms with Crippen LogP contribution in [0.3, 0.4) is 0 Å². The molecule has 1 unspecified atom stereocenters. The lowest BCUT2D eigenvalue weighted by atomic mass is 10.0. The van der Waals surface area contributed by atoms with Crippen molar-refractivity contribution in [1.29, 1.82) is 5.26 Å². The quantitative estimate of drug-likeness (QED) is 0.568. The van der Waals surface area contributed by atoms with Crippen LogP contribution < -0.4 is 15.5 Å². The number of anilines is 1. The van der Waals surface area contributed by atoms with E-state index in [2.05, 4.69) is 10.6 Å². The minimum absolute atomic E-state index is 0.0288. The third-order valence-corrected chi connectivity index (χ3v) is 4.92. The number of rotatable bonds is 8. The summed E-state index contributed by atoms with van der Waals surface area (Å²) in [6.07, 6.45) is -4.72. The molecule has 32 heavy (non-hydrogen) atoms. The molecule has 1 saturated heterocycles. The Bertz CT molecular complexity index is 844. The molecule has 1 aliphatic rings. The zero-order chi connectivity index (χ0) is 23.7. The highest BCUT2D eigenvalue weighted by Gasteiger charge is 2.37. The number of amides is 3. The van der Waals surface area contributed by atoms with E-state index in [9.17, 15) is 22.8 Å². The number of urea groups is 1. The van der Waals surface area contributed by atoms with Crippen LogP contribution in [0.25, 0.3) is 0 Å². The fourth-order valence-corrected chi connectivity index (χ4v) is 3.31. The van der Waals surface area contributed by atoms with Crippen molar-refractivity contribution in [1.82, 2.24) is 15.5 Å². The van der Waals surface area contributed by atoms with Gasteiger partial charge >= 0.3 is 12.2 Å². The third-order valence-electron chi connectivity index (χ3n) is 4.92. The van der Waals surface area contributed by atoms with E-state index in [-0.39, 0.29) is 45.0 Å². The average Bonchev–Trinajstić information content (AvgIpc) is 2.77. The monoisotopic (exact) mass is 457 g/mol. The summed E-state index contributed by atoms with van der Waals surface area (Å²) < 4.78 is 50.1. The first kappa shape index (κ1) is 25.2. The summed E-state index contributed by atoms with van der Waals surface area (Å²) >= 11 is 0. The predicted octanol–water partition coefficient (Wildman–Crippen LogP) is 1.19. The first-order valence-electron chi connectivity index (χ1n) is 9.89. The van der Waals surface area contributed by atoms with Gasteiger partial charge in [0, 0.05) is 46.1 Å². The molecule has 0 aromatic heterocycles. The van der Waals surface area contributed by atoms with E-state index < -0.39 is 35.3 Å². The smallest absolute Gasteiger partial charge is 0.383 e. The third kappa shape index (κ3) is 6.48. The fourth-order valence-electron chi connectivity index (χ4n) is 3.31. The second kappa shape index (κ2) is 11.5. The lowest BCUT2D eigenvalue weighted by molar-refractivity contribution is -0.137. The van der Waals surface area contributed by atoms with Crippen LogP contribution in [-0.4, -0.2) is 83.0 Å². The number of hydrogen-bond acceptors (Lipinski definition) is 6. The Morgan fingerprint density at radius 3 is 2.41 bits per heavy atom. The second-order valence-electron chi connectivity index (χ2n) is 7.00. The normalized spacial score (nSPS) is 16.4. The number of carbonyl (C=O) groups excluding carboxylic acids is 2. The zero-order valence-electron chi connectivity index (χ0n) is 17.9. The predicted molar refractivity (Wildman–Crippen MR) is 109 cm³/mol. The van der Waals surface area contributed by atoms with Gasteiger partial charge in [-0.05, 0) is 18.2 Å². The molecule has 0 aliphatic carbocycles. The van der Waals surface area contributed by atoms with Crippen LogP contribution in [-0.2, 0) is 20.4 Å². The largest absolute Gasteiger partial charge is 0.417 e. The van der Waals surface area contributed by atoms with Gasteiger partial charge in [-0.1, -0.05) is 0 Å². The molecule has 1 heterocycles. The molecule has 1 aromatic rings. The van der Waals surface area contributed by atoms with Crippen molar-refractivity contribution < 1.29 is 32.2 Å². The van der Waals surface area contributed by atoms with Crippen LogP contribution >= 0.6 is 0 Å².